The molecular formula is C37H37ClN8O4. The van der Waals surface area contributed by atoms with Gasteiger partial charge in [-0.1, -0.05) is 41.9 Å². The number of amides is 1. The average Bonchev–Trinajstić information content (AvgIpc) is 3.84. The lowest BCUT2D eigenvalue weighted by Crippen LogP contribution is -2.44. The van der Waals surface area contributed by atoms with Gasteiger partial charge >= 0.3 is 5.69 Å². The minimum atomic E-state index is -0.458. The molecule has 5 heterocycles. The molecule has 1 aliphatic carbocycles. The first-order valence-corrected chi connectivity index (χ1v) is 17.2. The maximum atomic E-state index is 13.2. The molecule has 1 amide bonds. The van der Waals surface area contributed by atoms with Gasteiger partial charge in [0.1, 0.15) is 5.39 Å². The molecule has 0 bridgehead atoms. The van der Waals surface area contributed by atoms with Crippen LogP contribution in [0.5, 0.6) is 5.88 Å². The average molecular weight is 693 g/mol. The Morgan fingerprint density at radius 1 is 1.02 bits per heavy atom. The predicted molar refractivity (Wildman–Crippen MR) is 192 cm³/mol. The summed E-state index contributed by atoms with van der Waals surface area (Å²) in [6.07, 6.45) is 5.75. The third kappa shape index (κ3) is 5.08. The van der Waals surface area contributed by atoms with E-state index in [1.807, 2.05) is 43.3 Å². The number of rotatable bonds is 6. The summed E-state index contributed by atoms with van der Waals surface area (Å²) < 4.78 is 8.38. The smallest absolute Gasteiger partial charge is 0.330 e. The van der Waals surface area contributed by atoms with Crippen LogP contribution < -0.4 is 26.6 Å². The highest BCUT2D eigenvalue weighted by Crippen LogP contribution is 2.47. The molecule has 2 aromatic carbocycles. The van der Waals surface area contributed by atoms with Gasteiger partial charge in [-0.15, -0.1) is 5.10 Å². The molecule has 2 aliphatic heterocycles. The third-order valence-corrected chi connectivity index (χ3v) is 11.2. The fraction of sp³-hybridized carbons (Fsp3) is 0.351. The fourth-order valence-electron chi connectivity index (χ4n) is 8.13. The first-order valence-electron chi connectivity index (χ1n) is 16.8. The lowest BCUT2D eigenvalue weighted by atomic mass is 9.96. The topological polar surface area (TPSA) is 136 Å². The van der Waals surface area contributed by atoms with Gasteiger partial charge < -0.3 is 15.4 Å². The lowest BCUT2D eigenvalue weighted by Gasteiger charge is -2.28. The van der Waals surface area contributed by atoms with Crippen molar-refractivity contribution in [1.82, 2.24) is 34.5 Å². The monoisotopic (exact) mass is 692 g/mol. The first kappa shape index (κ1) is 32.2. The van der Waals surface area contributed by atoms with Crippen LogP contribution in [0.2, 0.25) is 5.02 Å². The molecule has 13 heteroatoms. The highest BCUT2D eigenvalue weighted by molar-refractivity contribution is 6.36. The van der Waals surface area contributed by atoms with Crippen LogP contribution >= 0.6 is 11.6 Å². The van der Waals surface area contributed by atoms with Crippen LogP contribution in [0.1, 0.15) is 48.4 Å². The van der Waals surface area contributed by atoms with Crippen molar-refractivity contribution in [3.63, 3.8) is 0 Å². The Bertz CT molecular complexity index is 2350. The number of ether oxygens (including phenoxy) is 1. The SMILES string of the molecule is COc1nc(-c2cccc(-c3cccc(Nc4nncc5c4c(=O)n(C)c(=O)n5C)c3C)c2Cl)cc2c1[C@@H](N1CC[C@@]3(CCC(=O)N3)C1)CC2. The summed E-state index contributed by atoms with van der Waals surface area (Å²) >= 11 is 7.23. The Balaban J connectivity index is 1.13. The number of benzene rings is 2. The summed E-state index contributed by atoms with van der Waals surface area (Å²) in [4.78, 5) is 45.2. The molecule has 0 saturated carbocycles. The molecule has 2 N–H and O–H groups in total. The van der Waals surface area contributed by atoms with Crippen LogP contribution in [0, 0.1) is 6.92 Å². The molecule has 8 rings (SSSR count). The second-order valence-electron chi connectivity index (χ2n) is 13.6. The number of likely N-dealkylation sites (tertiary alicyclic amines) is 1. The highest BCUT2D eigenvalue weighted by Gasteiger charge is 2.46. The Morgan fingerprint density at radius 2 is 1.80 bits per heavy atom. The van der Waals surface area contributed by atoms with Crippen molar-refractivity contribution < 1.29 is 9.53 Å². The molecular weight excluding hydrogens is 656 g/mol. The number of hydrogen-bond acceptors (Lipinski definition) is 9. The summed E-state index contributed by atoms with van der Waals surface area (Å²) in [5.74, 6) is 1.02. The number of nitrogens with zero attached hydrogens (tertiary/aromatic N) is 6. The van der Waals surface area contributed by atoms with Crippen LogP contribution in [0.3, 0.4) is 0 Å². The molecule has 2 atom stereocenters. The molecule has 3 aliphatic rings. The molecule has 5 aromatic rings. The van der Waals surface area contributed by atoms with E-state index in [0.717, 1.165) is 76.9 Å². The van der Waals surface area contributed by atoms with Gasteiger partial charge in [-0.25, -0.2) is 9.78 Å². The summed E-state index contributed by atoms with van der Waals surface area (Å²) in [6.45, 7) is 3.75. The summed E-state index contributed by atoms with van der Waals surface area (Å²) in [6, 6.07) is 14.1. The zero-order valence-electron chi connectivity index (χ0n) is 28.3. The van der Waals surface area contributed by atoms with Crippen LogP contribution in [-0.2, 0) is 25.3 Å². The van der Waals surface area contributed by atoms with Crippen molar-refractivity contribution >= 4 is 39.9 Å². The quantitative estimate of drug-likeness (QED) is 0.257. The predicted octanol–water partition coefficient (Wildman–Crippen LogP) is 4.81. The van der Waals surface area contributed by atoms with Crippen LogP contribution in [0.15, 0.2) is 58.3 Å². The standard InChI is InChI=1S/C37H37ClN8O4/c1-20-22(7-6-10-25(20)40-33-31-28(18-39-43-33)44(2)36(49)45(3)35(31)48)23-8-5-9-24(32(23)38)26-17-21-11-12-27(30(21)34(41-26)50-4)46-16-15-37(19-46)14-13-29(47)42-37/h5-10,17-18,27H,11-16,19H2,1-4H3,(H,40,43)(H,42,47)/t27-,37-/m0/s1. The summed E-state index contributed by atoms with van der Waals surface area (Å²) in [5, 5.41) is 15.7. The minimum Gasteiger partial charge on any atom is -0.481 e. The number of carbonyl (C=O) groups excluding carboxylic acids is 1. The lowest BCUT2D eigenvalue weighted by molar-refractivity contribution is -0.119. The van der Waals surface area contributed by atoms with Crippen molar-refractivity contribution in [2.75, 3.05) is 25.5 Å². The number of carbonyl (C=O) groups is 1. The van der Waals surface area contributed by atoms with E-state index in [-0.39, 0.29) is 28.7 Å². The van der Waals surface area contributed by atoms with E-state index in [2.05, 4.69) is 31.8 Å². The minimum absolute atomic E-state index is 0.113. The second-order valence-corrected chi connectivity index (χ2v) is 14.0. The zero-order valence-corrected chi connectivity index (χ0v) is 29.1. The fourth-order valence-corrected chi connectivity index (χ4v) is 8.46. The Hall–Kier alpha value is -5.07. The maximum Gasteiger partial charge on any atom is 0.330 e. The Morgan fingerprint density at radius 3 is 2.58 bits per heavy atom. The molecule has 3 aromatic heterocycles. The number of methoxy groups -OCH3 is 1. The Kier molecular flexibility index (Phi) is 7.76. The number of aryl methyl sites for hydroxylation is 2. The number of hydrogen-bond donors (Lipinski definition) is 2. The highest BCUT2D eigenvalue weighted by atomic mass is 35.5. The summed E-state index contributed by atoms with van der Waals surface area (Å²) in [7, 11) is 4.71. The van der Waals surface area contributed by atoms with E-state index in [0.29, 0.717) is 28.5 Å². The van der Waals surface area contributed by atoms with Gasteiger partial charge in [-0.3, -0.25) is 23.6 Å². The van der Waals surface area contributed by atoms with Crippen molar-refractivity contribution in [2.45, 2.75) is 50.6 Å². The zero-order chi connectivity index (χ0) is 34.9. The molecule has 0 unspecified atom stereocenters. The maximum absolute atomic E-state index is 13.2. The van der Waals surface area contributed by atoms with E-state index in [1.165, 1.54) is 23.4 Å². The van der Waals surface area contributed by atoms with Crippen molar-refractivity contribution in [2.24, 2.45) is 14.1 Å². The number of aromatic nitrogens is 5. The molecule has 2 fully saturated rings. The van der Waals surface area contributed by atoms with E-state index < -0.39 is 11.2 Å². The van der Waals surface area contributed by atoms with Crippen LogP contribution in [0.4, 0.5) is 11.5 Å². The molecule has 1 spiro atoms. The van der Waals surface area contributed by atoms with Crippen molar-refractivity contribution in [3.05, 3.63) is 91.2 Å². The molecule has 256 valence electrons. The van der Waals surface area contributed by atoms with E-state index >= 15 is 0 Å². The largest absolute Gasteiger partial charge is 0.481 e. The molecule has 12 nitrogen and oxygen atoms in total. The molecule has 2 saturated heterocycles. The van der Waals surface area contributed by atoms with Gasteiger partial charge in [0.05, 0.1) is 35.1 Å². The number of pyridine rings is 1. The van der Waals surface area contributed by atoms with Gasteiger partial charge in [0, 0.05) is 62.0 Å². The van der Waals surface area contributed by atoms with Crippen molar-refractivity contribution in [3.8, 4) is 28.3 Å². The van der Waals surface area contributed by atoms with E-state index in [9.17, 15) is 14.4 Å². The van der Waals surface area contributed by atoms with Gasteiger partial charge in [0.25, 0.3) is 5.56 Å². The van der Waals surface area contributed by atoms with Gasteiger partial charge in [-0.2, -0.15) is 5.10 Å². The van der Waals surface area contributed by atoms with Crippen LogP contribution in [-0.4, -0.2) is 60.9 Å². The number of halogens is 1. The van der Waals surface area contributed by atoms with E-state index in [4.69, 9.17) is 21.3 Å². The van der Waals surface area contributed by atoms with Gasteiger partial charge in [-0.05, 0) is 61.4 Å². The van der Waals surface area contributed by atoms with E-state index in [1.54, 1.807) is 14.2 Å². The van der Waals surface area contributed by atoms with Gasteiger partial charge in [0.15, 0.2) is 5.82 Å². The number of fused-ring (bicyclic) bond motifs is 2. The number of anilines is 2. The number of nitrogens with one attached hydrogen (secondary N) is 2. The summed E-state index contributed by atoms with van der Waals surface area (Å²) in [5.41, 5.74) is 6.57. The Labute approximate surface area is 293 Å². The van der Waals surface area contributed by atoms with Crippen LogP contribution in [0.25, 0.3) is 33.3 Å². The molecule has 50 heavy (non-hydrogen) atoms. The molecule has 0 radical (unpaired) electrons. The van der Waals surface area contributed by atoms with Crippen molar-refractivity contribution in [1.29, 1.82) is 0 Å². The van der Waals surface area contributed by atoms with Gasteiger partial charge in [0.2, 0.25) is 11.8 Å². The second kappa shape index (κ2) is 12.1. The third-order valence-electron chi connectivity index (χ3n) is 10.8. The first-order chi connectivity index (χ1) is 24.1. The normalized spacial score (nSPS) is 20.1.